The molecule has 0 aliphatic carbocycles. The van der Waals surface area contributed by atoms with Gasteiger partial charge in [0.25, 0.3) is 0 Å². The van der Waals surface area contributed by atoms with Crippen LogP contribution in [0.3, 0.4) is 0 Å². The molecule has 2 aromatic carbocycles. The molecule has 2 amide bonds. The smallest absolute Gasteiger partial charge is 0.320 e. The van der Waals surface area contributed by atoms with Crippen molar-refractivity contribution in [3.05, 3.63) is 77.5 Å². The number of hydrogen-bond donors (Lipinski definition) is 4. The summed E-state index contributed by atoms with van der Waals surface area (Å²) in [5.74, 6) is 0.819. The molecule has 0 bridgehead atoms. The monoisotopic (exact) mass is 497 g/mol. The van der Waals surface area contributed by atoms with Gasteiger partial charge < -0.3 is 10.1 Å². The molecule has 4 N–H and O–H groups in total. The standard InChI is InChI=1S/C25H31N5O4S/c1-34-13-12-29-14-20(18-8-4-2-5-9-18)22(15-29)26-25(31)27-24-21-16-35(32,33)17-23(21)28-30(24)19-10-6-3-7-11-19/h2-11,20,22,32-33H,12-17H2,1H3,(H2,26,27,31)/t20-,22+/m0/s1. The van der Waals surface area contributed by atoms with Gasteiger partial charge in [-0.15, -0.1) is 0 Å². The molecule has 186 valence electrons. The number of urea groups is 1. The van der Waals surface area contributed by atoms with Gasteiger partial charge in [0.2, 0.25) is 0 Å². The van der Waals surface area contributed by atoms with Gasteiger partial charge >= 0.3 is 6.03 Å². The van der Waals surface area contributed by atoms with Crippen LogP contribution in [0.25, 0.3) is 5.69 Å². The SMILES string of the molecule is COCCN1C[C@@H](NC(=O)Nc2c3c(nn2-c2ccccc2)CS(O)(O)C3)[C@H](c2ccccc2)C1. The second kappa shape index (κ2) is 10.00. The number of para-hydroxylation sites is 1. The maximum absolute atomic E-state index is 13.3. The summed E-state index contributed by atoms with van der Waals surface area (Å²) in [7, 11) is -1.08. The number of carbonyl (C=O) groups excluding carboxylic acids is 1. The third-order valence-corrected chi connectivity index (χ3v) is 8.08. The largest absolute Gasteiger partial charge is 0.383 e. The first-order valence-corrected chi connectivity index (χ1v) is 13.6. The Hall–Kier alpha value is -2.89. The highest BCUT2D eigenvalue weighted by Crippen LogP contribution is 2.54. The van der Waals surface area contributed by atoms with Crippen molar-refractivity contribution in [1.82, 2.24) is 20.0 Å². The van der Waals surface area contributed by atoms with Crippen molar-refractivity contribution in [2.75, 3.05) is 38.7 Å². The predicted molar refractivity (Wildman–Crippen MR) is 137 cm³/mol. The summed E-state index contributed by atoms with van der Waals surface area (Å²) in [6.45, 7) is 2.98. The Bertz CT molecular complexity index is 1170. The van der Waals surface area contributed by atoms with Crippen molar-refractivity contribution in [3.63, 3.8) is 0 Å². The van der Waals surface area contributed by atoms with E-state index in [0.29, 0.717) is 30.2 Å². The van der Waals surface area contributed by atoms with Crippen molar-refractivity contribution in [2.45, 2.75) is 23.5 Å². The number of fused-ring (bicyclic) bond motifs is 1. The molecular weight excluding hydrogens is 466 g/mol. The summed E-state index contributed by atoms with van der Waals surface area (Å²) in [5.41, 5.74) is 3.26. The van der Waals surface area contributed by atoms with Crippen LogP contribution in [0.4, 0.5) is 10.6 Å². The number of likely N-dealkylation sites (tertiary alicyclic amines) is 1. The molecule has 2 aliphatic rings. The second-order valence-corrected chi connectivity index (χ2v) is 11.3. The zero-order chi connectivity index (χ0) is 24.4. The van der Waals surface area contributed by atoms with E-state index in [2.05, 4.69) is 32.8 Å². The van der Waals surface area contributed by atoms with Crippen LogP contribution in [0.15, 0.2) is 60.7 Å². The van der Waals surface area contributed by atoms with E-state index in [9.17, 15) is 13.9 Å². The average Bonchev–Trinajstić information content (AvgIpc) is 3.49. The number of nitrogens with zero attached hydrogens (tertiary/aromatic N) is 3. The first-order chi connectivity index (χ1) is 16.9. The minimum Gasteiger partial charge on any atom is -0.383 e. The fourth-order valence-corrected chi connectivity index (χ4v) is 6.47. The van der Waals surface area contributed by atoms with Gasteiger partial charge in [-0.25, -0.2) is 9.48 Å². The highest BCUT2D eigenvalue weighted by atomic mass is 32.3. The fraction of sp³-hybridized carbons (Fsp3) is 0.360. The van der Waals surface area contributed by atoms with Gasteiger partial charge in [0.1, 0.15) is 5.82 Å². The molecule has 10 heteroatoms. The van der Waals surface area contributed by atoms with Crippen molar-refractivity contribution in [2.24, 2.45) is 0 Å². The summed E-state index contributed by atoms with van der Waals surface area (Å²) in [6, 6.07) is 19.3. The Kier molecular flexibility index (Phi) is 6.81. The highest BCUT2D eigenvalue weighted by molar-refractivity contribution is 8.23. The van der Waals surface area contributed by atoms with E-state index in [-0.39, 0.29) is 29.5 Å². The molecule has 1 fully saturated rings. The van der Waals surface area contributed by atoms with Crippen LogP contribution in [-0.4, -0.2) is 69.2 Å². The Morgan fingerprint density at radius 1 is 1.09 bits per heavy atom. The van der Waals surface area contributed by atoms with E-state index < -0.39 is 10.6 Å². The Morgan fingerprint density at radius 3 is 2.51 bits per heavy atom. The Balaban J connectivity index is 1.37. The summed E-state index contributed by atoms with van der Waals surface area (Å²) >= 11 is 0. The number of nitrogens with one attached hydrogen (secondary N) is 2. The maximum Gasteiger partial charge on any atom is 0.320 e. The topological polar surface area (TPSA) is 112 Å². The lowest BCUT2D eigenvalue weighted by molar-refractivity contribution is 0.159. The van der Waals surface area contributed by atoms with E-state index in [1.807, 2.05) is 48.5 Å². The van der Waals surface area contributed by atoms with Crippen LogP contribution in [0.2, 0.25) is 0 Å². The number of anilines is 1. The van der Waals surface area contributed by atoms with Crippen molar-refractivity contribution in [3.8, 4) is 5.69 Å². The number of methoxy groups -OCH3 is 1. The van der Waals surface area contributed by atoms with Crippen LogP contribution < -0.4 is 10.6 Å². The lowest BCUT2D eigenvalue weighted by atomic mass is 9.94. The lowest BCUT2D eigenvalue weighted by Gasteiger charge is -2.26. The number of benzene rings is 2. The normalized spacial score (nSPS) is 22.0. The first-order valence-electron chi connectivity index (χ1n) is 11.7. The fourth-order valence-electron chi connectivity index (χ4n) is 4.93. The molecule has 35 heavy (non-hydrogen) atoms. The molecule has 1 saturated heterocycles. The second-order valence-electron chi connectivity index (χ2n) is 9.09. The van der Waals surface area contributed by atoms with Gasteiger partial charge in [-0.1, -0.05) is 48.5 Å². The number of hydrogen-bond acceptors (Lipinski definition) is 6. The minimum absolute atomic E-state index is 0.0872. The molecule has 5 rings (SSSR count). The number of rotatable bonds is 7. The molecule has 0 saturated carbocycles. The zero-order valence-corrected chi connectivity index (χ0v) is 20.4. The van der Waals surface area contributed by atoms with Gasteiger partial charge in [-0.3, -0.25) is 19.3 Å². The van der Waals surface area contributed by atoms with Crippen LogP contribution in [0, 0.1) is 0 Å². The molecule has 0 spiro atoms. The van der Waals surface area contributed by atoms with E-state index in [4.69, 9.17) is 4.74 Å². The van der Waals surface area contributed by atoms with Gasteiger partial charge in [0.05, 0.1) is 35.5 Å². The Labute approximate surface area is 206 Å². The number of carbonyl (C=O) groups is 1. The van der Waals surface area contributed by atoms with Crippen LogP contribution in [0.1, 0.15) is 22.7 Å². The van der Waals surface area contributed by atoms with Crippen LogP contribution in [0.5, 0.6) is 0 Å². The first kappa shape index (κ1) is 23.8. The van der Waals surface area contributed by atoms with Gasteiger partial charge in [-0.05, 0) is 17.7 Å². The molecule has 9 nitrogen and oxygen atoms in total. The van der Waals surface area contributed by atoms with E-state index >= 15 is 0 Å². The van der Waals surface area contributed by atoms with Crippen molar-refractivity contribution in [1.29, 1.82) is 0 Å². The van der Waals surface area contributed by atoms with Gasteiger partial charge in [-0.2, -0.15) is 15.7 Å². The molecule has 2 atom stereocenters. The van der Waals surface area contributed by atoms with Crippen LogP contribution >= 0.6 is 10.6 Å². The predicted octanol–water partition coefficient (Wildman–Crippen LogP) is 3.87. The third-order valence-electron chi connectivity index (χ3n) is 6.59. The average molecular weight is 498 g/mol. The number of ether oxygens (including phenoxy) is 1. The van der Waals surface area contributed by atoms with Crippen molar-refractivity contribution >= 4 is 22.4 Å². The van der Waals surface area contributed by atoms with Gasteiger partial charge in [0, 0.05) is 38.2 Å². The molecular formula is C25H31N5O4S. The van der Waals surface area contributed by atoms with Crippen molar-refractivity contribution < 1.29 is 18.6 Å². The summed E-state index contributed by atoms with van der Waals surface area (Å²) in [5, 5.41) is 10.8. The van der Waals surface area contributed by atoms with E-state index in [1.165, 1.54) is 5.56 Å². The molecule has 0 radical (unpaired) electrons. The van der Waals surface area contributed by atoms with E-state index in [1.54, 1.807) is 11.8 Å². The van der Waals surface area contributed by atoms with Crippen LogP contribution in [-0.2, 0) is 16.2 Å². The number of aromatic nitrogens is 2. The molecule has 1 aromatic heterocycles. The molecule has 0 unspecified atom stereocenters. The zero-order valence-electron chi connectivity index (χ0n) is 19.6. The number of amides is 2. The minimum atomic E-state index is -2.77. The molecule has 2 aliphatic heterocycles. The quantitative estimate of drug-likeness (QED) is 0.394. The van der Waals surface area contributed by atoms with E-state index in [0.717, 1.165) is 18.8 Å². The Morgan fingerprint density at radius 2 is 1.80 bits per heavy atom. The maximum atomic E-state index is 13.3. The highest BCUT2D eigenvalue weighted by Gasteiger charge is 2.36. The molecule has 3 aromatic rings. The molecule has 3 heterocycles. The summed E-state index contributed by atoms with van der Waals surface area (Å²) in [6.07, 6.45) is 0. The summed E-state index contributed by atoms with van der Waals surface area (Å²) < 4.78 is 27.5. The third kappa shape index (κ3) is 5.21. The van der Waals surface area contributed by atoms with Gasteiger partial charge in [0.15, 0.2) is 0 Å². The summed E-state index contributed by atoms with van der Waals surface area (Å²) in [4.78, 5) is 15.6. The lowest BCUT2D eigenvalue weighted by Crippen LogP contribution is -2.42.